The van der Waals surface area contributed by atoms with Gasteiger partial charge < -0.3 is 9.55 Å². The van der Waals surface area contributed by atoms with Crippen LogP contribution in [-0.2, 0) is 6.54 Å². The Morgan fingerprint density at radius 1 is 1.56 bits per heavy atom. The van der Waals surface area contributed by atoms with E-state index in [4.69, 9.17) is 12.2 Å². The molecule has 5 heteroatoms. The van der Waals surface area contributed by atoms with Crippen molar-refractivity contribution in [2.24, 2.45) is 11.3 Å². The van der Waals surface area contributed by atoms with Crippen LogP contribution in [0.3, 0.4) is 0 Å². The molecule has 96 valence electrons. The van der Waals surface area contributed by atoms with E-state index < -0.39 is 0 Å². The van der Waals surface area contributed by atoms with E-state index in [9.17, 15) is 0 Å². The van der Waals surface area contributed by atoms with Gasteiger partial charge in [0.05, 0.1) is 5.52 Å². The van der Waals surface area contributed by atoms with Crippen LogP contribution in [0.1, 0.15) is 26.7 Å². The number of halogens is 1. The van der Waals surface area contributed by atoms with Gasteiger partial charge in [0.2, 0.25) is 0 Å². The molecule has 1 aliphatic rings. The van der Waals surface area contributed by atoms with E-state index in [1.54, 1.807) is 0 Å². The molecular formula is C13H16BrN3S. The summed E-state index contributed by atoms with van der Waals surface area (Å²) in [5.41, 5.74) is 2.41. The highest BCUT2D eigenvalue weighted by molar-refractivity contribution is 9.10. The topological polar surface area (TPSA) is 33.6 Å². The van der Waals surface area contributed by atoms with Crippen LogP contribution in [-0.4, -0.2) is 14.5 Å². The maximum atomic E-state index is 5.43. The Morgan fingerprint density at radius 2 is 2.28 bits per heavy atom. The molecule has 0 aromatic carbocycles. The van der Waals surface area contributed by atoms with Crippen LogP contribution in [0.5, 0.6) is 0 Å². The van der Waals surface area contributed by atoms with Gasteiger partial charge in [0.15, 0.2) is 10.4 Å². The largest absolute Gasteiger partial charge is 0.329 e. The zero-order valence-electron chi connectivity index (χ0n) is 10.5. The van der Waals surface area contributed by atoms with Crippen molar-refractivity contribution >= 4 is 39.3 Å². The lowest BCUT2D eigenvalue weighted by Gasteiger charge is -2.20. The molecule has 1 fully saturated rings. The fourth-order valence-electron chi connectivity index (χ4n) is 2.56. The molecule has 3 nitrogen and oxygen atoms in total. The van der Waals surface area contributed by atoms with Crippen molar-refractivity contribution in [3.05, 3.63) is 21.5 Å². The highest BCUT2D eigenvalue weighted by Gasteiger charge is 2.45. The molecule has 1 saturated carbocycles. The number of imidazole rings is 1. The van der Waals surface area contributed by atoms with Crippen molar-refractivity contribution in [2.45, 2.75) is 33.2 Å². The lowest BCUT2D eigenvalue weighted by Crippen LogP contribution is -2.18. The van der Waals surface area contributed by atoms with Crippen LogP contribution in [0.2, 0.25) is 0 Å². The minimum absolute atomic E-state index is 0.433. The second kappa shape index (κ2) is 4.17. The Hall–Kier alpha value is -0.680. The van der Waals surface area contributed by atoms with E-state index in [1.165, 1.54) is 12.8 Å². The fourth-order valence-corrected chi connectivity index (χ4v) is 3.15. The Kier molecular flexibility index (Phi) is 2.86. The van der Waals surface area contributed by atoms with Crippen molar-refractivity contribution in [3.63, 3.8) is 0 Å². The number of hydrogen-bond acceptors (Lipinski definition) is 2. The monoisotopic (exact) mass is 325 g/mol. The third-order valence-corrected chi connectivity index (χ3v) is 4.92. The van der Waals surface area contributed by atoms with E-state index in [-0.39, 0.29) is 0 Å². The summed E-state index contributed by atoms with van der Waals surface area (Å²) in [5, 5.41) is 0. The van der Waals surface area contributed by atoms with Crippen LogP contribution in [0.4, 0.5) is 0 Å². The van der Waals surface area contributed by atoms with Crippen molar-refractivity contribution in [1.29, 1.82) is 0 Å². The zero-order chi connectivity index (χ0) is 12.9. The minimum atomic E-state index is 0.433. The molecule has 0 radical (unpaired) electrons. The smallest absolute Gasteiger partial charge is 0.179 e. The molecule has 0 amide bonds. The summed E-state index contributed by atoms with van der Waals surface area (Å²) in [6, 6.07) is 2.03. The molecule has 0 unspecified atom stereocenters. The standard InChI is InChI=1S/C13H16BrN3S/c1-8(2)13(3-4-13)7-17-11-10(16-12(17)18)5-9(14)6-15-11/h5-6,8H,3-4,7H2,1-2H3,(H,16,18). The van der Waals surface area contributed by atoms with E-state index in [2.05, 4.69) is 44.3 Å². The highest BCUT2D eigenvalue weighted by Crippen LogP contribution is 2.53. The summed E-state index contributed by atoms with van der Waals surface area (Å²) >= 11 is 8.87. The molecule has 0 spiro atoms. The van der Waals surface area contributed by atoms with Gasteiger partial charge in [0, 0.05) is 17.2 Å². The summed E-state index contributed by atoms with van der Waals surface area (Å²) in [4.78, 5) is 7.73. The summed E-state index contributed by atoms with van der Waals surface area (Å²) in [5.74, 6) is 0.694. The van der Waals surface area contributed by atoms with Gasteiger partial charge in [-0.05, 0) is 58.4 Å². The Balaban J connectivity index is 2.07. The molecule has 0 saturated heterocycles. The van der Waals surface area contributed by atoms with Crippen LogP contribution < -0.4 is 0 Å². The number of nitrogens with zero attached hydrogens (tertiary/aromatic N) is 2. The van der Waals surface area contributed by atoms with Gasteiger partial charge in [-0.15, -0.1) is 0 Å². The quantitative estimate of drug-likeness (QED) is 0.854. The molecule has 2 aromatic rings. The van der Waals surface area contributed by atoms with Crippen LogP contribution in [0, 0.1) is 16.1 Å². The molecular weight excluding hydrogens is 310 g/mol. The van der Waals surface area contributed by atoms with Crippen molar-refractivity contribution in [2.75, 3.05) is 0 Å². The summed E-state index contributed by atoms with van der Waals surface area (Å²) in [6.45, 7) is 5.59. The first-order chi connectivity index (χ1) is 8.52. The number of rotatable bonds is 3. The minimum Gasteiger partial charge on any atom is -0.329 e. The number of aromatic amines is 1. The van der Waals surface area contributed by atoms with E-state index in [0.717, 1.165) is 27.0 Å². The van der Waals surface area contributed by atoms with Gasteiger partial charge in [0.25, 0.3) is 0 Å². The third-order valence-electron chi connectivity index (χ3n) is 4.17. The number of aromatic nitrogens is 3. The first-order valence-electron chi connectivity index (χ1n) is 6.26. The van der Waals surface area contributed by atoms with Crippen LogP contribution >= 0.6 is 28.1 Å². The predicted molar refractivity (Wildman–Crippen MR) is 79.1 cm³/mol. The fraction of sp³-hybridized carbons (Fsp3) is 0.538. The number of pyridine rings is 1. The van der Waals surface area contributed by atoms with Gasteiger partial charge in [-0.1, -0.05) is 13.8 Å². The third kappa shape index (κ3) is 1.93. The summed E-state index contributed by atoms with van der Waals surface area (Å²) in [6.07, 6.45) is 4.43. The average Bonchev–Trinajstić information content (AvgIpc) is 3.02. The first kappa shape index (κ1) is 12.4. The Morgan fingerprint density at radius 3 is 2.89 bits per heavy atom. The second-order valence-corrected chi connectivity index (χ2v) is 6.86. The second-order valence-electron chi connectivity index (χ2n) is 5.56. The Bertz CT molecular complexity index is 652. The number of fused-ring (bicyclic) bond motifs is 1. The molecule has 0 atom stereocenters. The molecule has 18 heavy (non-hydrogen) atoms. The zero-order valence-corrected chi connectivity index (χ0v) is 12.9. The molecule has 3 rings (SSSR count). The van der Waals surface area contributed by atoms with E-state index in [1.807, 2.05) is 12.3 Å². The van der Waals surface area contributed by atoms with Gasteiger partial charge >= 0.3 is 0 Å². The maximum Gasteiger partial charge on any atom is 0.179 e. The van der Waals surface area contributed by atoms with Gasteiger partial charge in [-0.3, -0.25) is 0 Å². The molecule has 2 heterocycles. The lowest BCUT2D eigenvalue weighted by atomic mass is 9.92. The highest BCUT2D eigenvalue weighted by atomic mass is 79.9. The molecule has 1 N–H and O–H groups in total. The average molecular weight is 326 g/mol. The Labute approximate surface area is 120 Å². The summed E-state index contributed by atoms with van der Waals surface area (Å²) < 4.78 is 3.91. The van der Waals surface area contributed by atoms with Crippen molar-refractivity contribution in [3.8, 4) is 0 Å². The molecule has 1 aliphatic carbocycles. The van der Waals surface area contributed by atoms with E-state index in [0.29, 0.717) is 11.3 Å². The van der Waals surface area contributed by atoms with Crippen molar-refractivity contribution in [1.82, 2.24) is 14.5 Å². The van der Waals surface area contributed by atoms with Gasteiger partial charge in [-0.25, -0.2) is 4.98 Å². The molecule has 2 aromatic heterocycles. The van der Waals surface area contributed by atoms with Crippen LogP contribution in [0.25, 0.3) is 11.2 Å². The first-order valence-corrected chi connectivity index (χ1v) is 7.46. The summed E-state index contributed by atoms with van der Waals surface area (Å²) in [7, 11) is 0. The SMILES string of the molecule is CC(C)C1(Cn2c(=S)[nH]c3cc(Br)cnc32)CC1. The molecule has 0 bridgehead atoms. The van der Waals surface area contributed by atoms with Gasteiger partial charge in [0.1, 0.15) is 0 Å². The normalized spacial score (nSPS) is 17.6. The van der Waals surface area contributed by atoms with Gasteiger partial charge in [-0.2, -0.15) is 0 Å². The molecule has 0 aliphatic heterocycles. The number of hydrogen-bond donors (Lipinski definition) is 1. The predicted octanol–water partition coefficient (Wildman–Crippen LogP) is 4.29. The van der Waals surface area contributed by atoms with Crippen LogP contribution in [0.15, 0.2) is 16.7 Å². The van der Waals surface area contributed by atoms with E-state index >= 15 is 0 Å². The lowest BCUT2D eigenvalue weighted by molar-refractivity contribution is 0.310. The van der Waals surface area contributed by atoms with Crippen molar-refractivity contribution < 1.29 is 0 Å². The number of nitrogens with one attached hydrogen (secondary N) is 1. The number of H-pyrrole nitrogens is 1. The maximum absolute atomic E-state index is 5.43.